The summed E-state index contributed by atoms with van der Waals surface area (Å²) < 4.78 is 12.2. The molecule has 0 aliphatic rings. The molecule has 6 heteroatoms. The van der Waals surface area contributed by atoms with Crippen LogP contribution in [0.4, 0.5) is 0 Å². The summed E-state index contributed by atoms with van der Waals surface area (Å²) >= 11 is 0. The molecule has 5 aromatic carbocycles. The molecule has 2 unspecified atom stereocenters. The van der Waals surface area contributed by atoms with Crippen LogP contribution < -0.4 is 9.47 Å². The Morgan fingerprint density at radius 1 is 0.480 bits per heavy atom. The van der Waals surface area contributed by atoms with Crippen molar-refractivity contribution in [3.63, 3.8) is 0 Å². The van der Waals surface area contributed by atoms with E-state index in [-0.39, 0.29) is 0 Å². The predicted molar refractivity (Wildman–Crippen MR) is 203 cm³/mol. The van der Waals surface area contributed by atoms with Crippen molar-refractivity contribution in [3.8, 4) is 23.6 Å². The Morgan fingerprint density at radius 2 is 0.820 bits per heavy atom. The summed E-state index contributed by atoms with van der Waals surface area (Å²) in [5.74, 6) is 1.48. The summed E-state index contributed by atoms with van der Waals surface area (Å²) in [6.45, 7) is 5.11. The third-order valence-corrected chi connectivity index (χ3v) is 9.35. The molecule has 5 rings (SSSR count). The van der Waals surface area contributed by atoms with E-state index in [9.17, 15) is 10.4 Å². The molecule has 0 saturated heterocycles. The van der Waals surface area contributed by atoms with Gasteiger partial charge in [0.15, 0.2) is 10.8 Å². The van der Waals surface area contributed by atoms with Crippen molar-refractivity contribution in [2.75, 3.05) is 0 Å². The fraction of sp³-hybridized carbons (Fsp3) is 0.273. The predicted octanol–water partition coefficient (Wildman–Crippen LogP) is 11.5. The normalized spacial score (nSPS) is 13.0. The molecule has 6 nitrogen and oxygen atoms in total. The van der Waals surface area contributed by atoms with Crippen molar-refractivity contribution in [2.24, 2.45) is 0 Å². The lowest BCUT2D eigenvalue weighted by Crippen LogP contribution is -2.25. The Bertz CT molecular complexity index is 1750. The Kier molecular flexibility index (Phi) is 12.5. The number of ether oxygens (including phenoxy) is 2. The molecular formula is C44H44N2O4. The van der Waals surface area contributed by atoms with Crippen molar-refractivity contribution in [1.29, 1.82) is 0 Å². The monoisotopic (exact) mass is 664 g/mol. The van der Waals surface area contributed by atoms with E-state index in [0.29, 0.717) is 13.2 Å². The fourth-order valence-electron chi connectivity index (χ4n) is 6.50. The van der Waals surface area contributed by atoms with Gasteiger partial charge in [0, 0.05) is 10.0 Å². The highest BCUT2D eigenvalue weighted by molar-refractivity contribution is 5.50. The smallest absolute Gasteiger partial charge is 0.314 e. The van der Waals surface area contributed by atoms with Gasteiger partial charge in [-0.05, 0) is 70.5 Å². The molecule has 0 saturated carbocycles. The summed E-state index contributed by atoms with van der Waals surface area (Å²) in [5, 5.41) is 29.3. The SMILES string of the molecule is CCCCC(C#[N+][O-])(c1ccccc1)c1ccc(OCc2ccc(COc3ccc(C(C#[N+][O-])(CCCC)c4ccccc4)cc3)cc2)cc1. The molecule has 0 spiro atoms. The molecule has 50 heavy (non-hydrogen) atoms. The molecule has 0 aliphatic heterocycles. The minimum absolute atomic E-state index is 0.417. The summed E-state index contributed by atoms with van der Waals surface area (Å²) in [4.78, 5) is 0. The first kappa shape index (κ1) is 35.6. The molecule has 254 valence electrons. The van der Waals surface area contributed by atoms with Crippen LogP contribution in [0.3, 0.4) is 0 Å². The molecule has 0 aliphatic carbocycles. The maximum absolute atomic E-state index is 11.5. The van der Waals surface area contributed by atoms with Gasteiger partial charge < -0.3 is 19.9 Å². The van der Waals surface area contributed by atoms with E-state index >= 15 is 0 Å². The third kappa shape index (κ3) is 8.46. The van der Waals surface area contributed by atoms with Gasteiger partial charge in [-0.25, -0.2) is 0 Å². The Labute approximate surface area is 296 Å². The Balaban J connectivity index is 1.20. The van der Waals surface area contributed by atoms with Crippen LogP contribution in [-0.4, -0.2) is 0 Å². The number of nitrogens with zero attached hydrogens (tertiary/aromatic N) is 2. The number of hydrogen-bond acceptors (Lipinski definition) is 4. The topological polar surface area (TPSA) is 73.3 Å². The zero-order valence-electron chi connectivity index (χ0n) is 28.9. The van der Waals surface area contributed by atoms with Crippen LogP contribution in [0.1, 0.15) is 85.8 Å². The van der Waals surface area contributed by atoms with Gasteiger partial charge in [0.1, 0.15) is 24.7 Å². The van der Waals surface area contributed by atoms with Crippen LogP contribution in [0, 0.1) is 22.6 Å². The quantitative estimate of drug-likeness (QED) is 0.0984. The van der Waals surface area contributed by atoms with Crippen LogP contribution in [0.5, 0.6) is 11.5 Å². The second kappa shape index (κ2) is 17.6. The second-order valence-electron chi connectivity index (χ2n) is 12.6. The molecule has 0 bridgehead atoms. The van der Waals surface area contributed by atoms with Crippen LogP contribution >= 0.6 is 0 Å². The maximum Gasteiger partial charge on any atom is 0.314 e. The molecule has 2 atom stereocenters. The average molecular weight is 665 g/mol. The van der Waals surface area contributed by atoms with Crippen LogP contribution in [0.2, 0.25) is 0 Å². The van der Waals surface area contributed by atoms with E-state index in [2.05, 4.69) is 36.0 Å². The lowest BCUT2D eigenvalue weighted by Gasteiger charge is -2.25. The van der Waals surface area contributed by atoms with Gasteiger partial charge in [0.25, 0.3) is 0 Å². The fourth-order valence-corrected chi connectivity index (χ4v) is 6.50. The maximum atomic E-state index is 11.5. The van der Waals surface area contributed by atoms with Crippen LogP contribution in [-0.2, 0) is 24.0 Å². The first-order chi connectivity index (χ1) is 24.6. The summed E-state index contributed by atoms with van der Waals surface area (Å²) in [6.07, 6.45) is 5.37. The van der Waals surface area contributed by atoms with Gasteiger partial charge in [0.05, 0.1) is 0 Å². The number of unbranched alkanes of at least 4 members (excludes halogenated alkanes) is 2. The van der Waals surface area contributed by atoms with E-state index in [0.717, 1.165) is 83.4 Å². The minimum Gasteiger partial charge on any atom is -0.498 e. The van der Waals surface area contributed by atoms with Crippen molar-refractivity contribution in [2.45, 2.75) is 76.4 Å². The molecule has 0 radical (unpaired) electrons. The average Bonchev–Trinajstić information content (AvgIpc) is 3.18. The third-order valence-electron chi connectivity index (χ3n) is 9.35. The van der Waals surface area contributed by atoms with Gasteiger partial charge in [-0.15, -0.1) is 0 Å². The molecule has 0 fully saturated rings. The van der Waals surface area contributed by atoms with Crippen LogP contribution in [0.25, 0.3) is 10.0 Å². The standard InChI is InChI=1S/C44H44N2O4/c1-3-5-29-43(33-45-47,37-13-9-7-10-14-37)39-21-25-41(26-22-39)49-31-35-17-19-36(20-18-35)32-50-42-27-23-40(24-28-42)44(34-46-48,30-6-4-2)38-15-11-8-12-16-38/h7-28H,3-6,29-32H2,1-2H3. The highest BCUT2D eigenvalue weighted by atomic mass is 16.5. The zero-order chi connectivity index (χ0) is 35.1. The van der Waals surface area contributed by atoms with Gasteiger partial charge in [0.2, 0.25) is 0 Å². The molecule has 0 N–H and O–H groups in total. The van der Waals surface area contributed by atoms with E-state index in [4.69, 9.17) is 9.47 Å². The highest BCUT2D eigenvalue weighted by Crippen LogP contribution is 2.39. The number of rotatable bonds is 16. The second-order valence-corrected chi connectivity index (χ2v) is 12.6. The Morgan fingerprint density at radius 3 is 1.14 bits per heavy atom. The summed E-state index contributed by atoms with van der Waals surface area (Å²) in [5.41, 5.74) is 4.59. The number of benzene rings is 5. The van der Waals surface area contributed by atoms with Gasteiger partial charge in [-0.3, -0.25) is 0 Å². The molecule has 0 amide bonds. The lowest BCUT2D eigenvalue weighted by molar-refractivity contribution is 0.302. The van der Waals surface area contributed by atoms with Gasteiger partial charge in [-0.1, -0.05) is 149 Å². The van der Waals surface area contributed by atoms with E-state index in [1.807, 2.05) is 133 Å². The van der Waals surface area contributed by atoms with E-state index in [1.165, 1.54) is 0 Å². The minimum atomic E-state index is -0.704. The molecule has 5 aromatic rings. The lowest BCUT2D eigenvalue weighted by atomic mass is 9.72. The van der Waals surface area contributed by atoms with Crippen molar-refractivity contribution in [3.05, 3.63) is 187 Å². The van der Waals surface area contributed by atoms with E-state index in [1.54, 1.807) is 0 Å². The van der Waals surface area contributed by atoms with E-state index < -0.39 is 10.8 Å². The largest absolute Gasteiger partial charge is 0.498 e. The van der Waals surface area contributed by atoms with Crippen molar-refractivity contribution < 1.29 is 9.47 Å². The highest BCUT2D eigenvalue weighted by Gasteiger charge is 2.39. The summed E-state index contributed by atoms with van der Waals surface area (Å²) in [6, 6.07) is 49.7. The van der Waals surface area contributed by atoms with Crippen molar-refractivity contribution >= 4 is 0 Å². The Hall–Kier alpha value is -5.72. The van der Waals surface area contributed by atoms with Crippen LogP contribution in [0.15, 0.2) is 133 Å². The van der Waals surface area contributed by atoms with Gasteiger partial charge in [-0.2, -0.15) is 0 Å². The first-order valence-corrected chi connectivity index (χ1v) is 17.4. The first-order valence-electron chi connectivity index (χ1n) is 17.4. The summed E-state index contributed by atoms with van der Waals surface area (Å²) in [7, 11) is 0. The van der Waals surface area contributed by atoms with Gasteiger partial charge >= 0.3 is 12.1 Å². The molecule has 0 heterocycles. The molecule has 0 aromatic heterocycles. The molecular weight excluding hydrogens is 620 g/mol. The van der Waals surface area contributed by atoms with Crippen molar-refractivity contribution in [1.82, 2.24) is 0 Å². The number of hydrogen-bond donors (Lipinski definition) is 0. The zero-order valence-corrected chi connectivity index (χ0v) is 28.9.